The van der Waals surface area contributed by atoms with Crippen LogP contribution in [0.4, 0.5) is 0 Å². The molecule has 0 aliphatic carbocycles. The van der Waals surface area contributed by atoms with Crippen LogP contribution >= 0.6 is 34.8 Å². The molecule has 1 aromatic carbocycles. The molecule has 7 heteroatoms. The largest absolute Gasteiger partial charge is 0.497 e. The highest BCUT2D eigenvalue weighted by Gasteiger charge is 2.37. The number of ether oxygens (including phenoxy) is 1. The Morgan fingerprint density at radius 3 is 2.43 bits per heavy atom. The van der Waals surface area contributed by atoms with E-state index in [0.29, 0.717) is 11.3 Å². The van der Waals surface area contributed by atoms with E-state index in [1.807, 2.05) is 5.32 Å². The highest BCUT2D eigenvalue weighted by Crippen LogP contribution is 2.27. The molecule has 0 saturated carbocycles. The van der Waals surface area contributed by atoms with Crippen LogP contribution in [0.25, 0.3) is 0 Å². The summed E-state index contributed by atoms with van der Waals surface area (Å²) >= 11 is 17.8. The number of rotatable bonds is 7. The van der Waals surface area contributed by atoms with Gasteiger partial charge in [0.25, 0.3) is 9.70 Å². The molecule has 0 aliphatic heterocycles. The van der Waals surface area contributed by atoms with Crippen molar-refractivity contribution in [2.45, 2.75) is 29.7 Å². The van der Waals surface area contributed by atoms with E-state index in [4.69, 9.17) is 39.5 Å². The first-order valence-electron chi connectivity index (χ1n) is 6.73. The number of nitrogens with one attached hydrogen (secondary N) is 1. The molecule has 1 rings (SSSR count). The molecule has 0 aromatic heterocycles. The van der Waals surface area contributed by atoms with Crippen LogP contribution in [0.15, 0.2) is 24.3 Å². The number of unbranched alkanes of at least 4 members (excludes halogenated alkanes) is 1. The van der Waals surface area contributed by atoms with Crippen LogP contribution in [0.5, 0.6) is 5.75 Å². The highest BCUT2D eigenvalue weighted by molar-refractivity contribution is 6.68. The number of halogens is 3. The molecular weight excluding hydrogens is 335 g/mol. The average molecular weight is 355 g/mol. The van der Waals surface area contributed by atoms with Crippen LogP contribution in [-0.4, -0.2) is 29.5 Å². The first-order valence-corrected chi connectivity index (χ1v) is 7.86. The fourth-order valence-electron chi connectivity index (χ4n) is 1.73. The zero-order valence-electron chi connectivity index (χ0n) is 12.0. The van der Waals surface area contributed by atoms with Gasteiger partial charge >= 0.3 is 0 Å². The maximum atomic E-state index is 12.2. The minimum absolute atomic E-state index is 0.290. The molecule has 21 heavy (non-hydrogen) atoms. The number of amides is 1. The lowest BCUT2D eigenvalue weighted by Crippen LogP contribution is -2.96. The second-order valence-corrected chi connectivity index (χ2v) is 6.97. The van der Waals surface area contributed by atoms with Crippen molar-refractivity contribution in [2.24, 2.45) is 0 Å². The lowest BCUT2D eigenvalue weighted by Gasteiger charge is -2.23. The van der Waals surface area contributed by atoms with Crippen molar-refractivity contribution < 1.29 is 14.8 Å². The second kappa shape index (κ2) is 8.69. The molecule has 0 saturated heterocycles. The predicted octanol–water partition coefficient (Wildman–Crippen LogP) is 2.48. The molecule has 0 unspecified atom stereocenters. The Labute approximate surface area is 140 Å². The first-order chi connectivity index (χ1) is 9.88. The quantitative estimate of drug-likeness (QED) is 0.449. The number of benzene rings is 1. The summed E-state index contributed by atoms with van der Waals surface area (Å²) in [6, 6.07) is 6.74. The third-order valence-corrected chi connectivity index (χ3v) is 3.66. The summed E-state index contributed by atoms with van der Waals surface area (Å²) in [6.45, 7) is 2.85. The van der Waals surface area contributed by atoms with Crippen LogP contribution in [0.3, 0.4) is 0 Å². The van der Waals surface area contributed by atoms with E-state index in [-0.39, 0.29) is 5.91 Å². The molecule has 1 atom stereocenters. The smallest absolute Gasteiger partial charge is 0.262 e. The Balaban J connectivity index is 2.70. The number of hydrogen-bond acceptors (Lipinski definition) is 2. The van der Waals surface area contributed by atoms with Crippen LogP contribution in [0, 0.1) is 0 Å². The molecule has 0 aliphatic rings. The lowest BCUT2D eigenvalue weighted by molar-refractivity contribution is -0.692. The Hall–Kier alpha value is -0.680. The lowest BCUT2D eigenvalue weighted by atomic mass is 10.2. The average Bonchev–Trinajstić information content (AvgIpc) is 2.45. The van der Waals surface area contributed by atoms with Crippen LogP contribution in [0.2, 0.25) is 0 Å². The van der Waals surface area contributed by atoms with Crippen molar-refractivity contribution in [1.82, 2.24) is 5.32 Å². The molecule has 4 nitrogen and oxygen atoms in total. The minimum Gasteiger partial charge on any atom is -0.497 e. The number of quaternary nitrogens is 1. The van der Waals surface area contributed by atoms with E-state index in [1.165, 1.54) is 0 Å². The normalized spacial score (nSPS) is 12.8. The number of alkyl halides is 3. The molecule has 1 amide bonds. The summed E-state index contributed by atoms with van der Waals surface area (Å²) in [7, 11) is 1.57. The summed E-state index contributed by atoms with van der Waals surface area (Å²) < 4.78 is 3.47. The van der Waals surface area contributed by atoms with E-state index < -0.39 is 9.96 Å². The van der Waals surface area contributed by atoms with E-state index in [2.05, 4.69) is 12.2 Å². The van der Waals surface area contributed by atoms with Crippen molar-refractivity contribution in [3.05, 3.63) is 29.8 Å². The van der Waals surface area contributed by atoms with Gasteiger partial charge in [-0.15, -0.1) is 0 Å². The standard InChI is InChI=1S/C14H19Cl3N2O2/c1-3-4-9-18-13(14(15,16)17)19-12(20)10-5-7-11(21-2)8-6-10/h5-8,13,18H,3-4,9H2,1-2H3,(H,19,20)/p+1/t13-/m1/s1. The first kappa shape index (κ1) is 18.4. The molecule has 0 radical (unpaired) electrons. The number of carbonyl (C=O) groups is 1. The molecular formula is C14H20Cl3N2O2+. The topological polar surface area (TPSA) is 54.9 Å². The van der Waals surface area contributed by atoms with Crippen LogP contribution in [0.1, 0.15) is 30.1 Å². The zero-order chi connectivity index (χ0) is 15.9. The van der Waals surface area contributed by atoms with Gasteiger partial charge in [-0.2, -0.15) is 0 Å². The third-order valence-electron chi connectivity index (χ3n) is 2.95. The Morgan fingerprint density at radius 2 is 1.95 bits per heavy atom. The molecule has 1 aromatic rings. The van der Waals surface area contributed by atoms with E-state index in [1.54, 1.807) is 31.4 Å². The van der Waals surface area contributed by atoms with Gasteiger partial charge in [0, 0.05) is 5.56 Å². The van der Waals surface area contributed by atoms with Gasteiger partial charge in [-0.25, -0.2) is 0 Å². The van der Waals surface area contributed by atoms with Gasteiger partial charge in [0.05, 0.1) is 13.7 Å². The van der Waals surface area contributed by atoms with Crippen LogP contribution < -0.4 is 15.4 Å². The van der Waals surface area contributed by atoms with Crippen LogP contribution in [-0.2, 0) is 0 Å². The minimum atomic E-state index is -1.57. The molecule has 0 fully saturated rings. The summed E-state index contributed by atoms with van der Waals surface area (Å²) in [5, 5.41) is 4.57. The van der Waals surface area contributed by atoms with Gasteiger partial charge in [-0.05, 0) is 30.7 Å². The highest BCUT2D eigenvalue weighted by atomic mass is 35.6. The fraction of sp³-hybridized carbons (Fsp3) is 0.500. The van der Waals surface area contributed by atoms with Gasteiger partial charge in [0.15, 0.2) is 0 Å². The summed E-state index contributed by atoms with van der Waals surface area (Å²) in [6.07, 6.45) is 1.38. The molecule has 0 heterocycles. The van der Waals surface area contributed by atoms with Crippen molar-refractivity contribution in [1.29, 1.82) is 0 Å². The number of hydrogen-bond donors (Lipinski definition) is 2. The Bertz CT molecular complexity index is 447. The van der Waals surface area contributed by atoms with E-state index in [0.717, 1.165) is 19.4 Å². The maximum absolute atomic E-state index is 12.2. The van der Waals surface area contributed by atoms with E-state index in [9.17, 15) is 4.79 Å². The summed E-state index contributed by atoms with van der Waals surface area (Å²) in [5.74, 6) is 0.390. The van der Waals surface area contributed by atoms with Crippen molar-refractivity contribution in [3.8, 4) is 5.75 Å². The summed E-state index contributed by atoms with van der Waals surface area (Å²) in [4.78, 5) is 12.2. The maximum Gasteiger partial charge on any atom is 0.262 e. The zero-order valence-corrected chi connectivity index (χ0v) is 14.3. The number of nitrogens with two attached hydrogens (primary N) is 1. The SMILES string of the molecule is CCCC[NH2+][C@H](NC(=O)c1ccc(OC)cc1)C(Cl)(Cl)Cl. The molecule has 0 spiro atoms. The molecule has 118 valence electrons. The third kappa shape index (κ3) is 6.30. The summed E-state index contributed by atoms with van der Waals surface area (Å²) in [5.41, 5.74) is 0.485. The van der Waals surface area contributed by atoms with E-state index >= 15 is 0 Å². The second-order valence-electron chi connectivity index (χ2n) is 4.60. The van der Waals surface area contributed by atoms with Gasteiger partial charge < -0.3 is 10.1 Å². The van der Waals surface area contributed by atoms with Gasteiger partial charge in [-0.1, -0.05) is 48.1 Å². The Morgan fingerprint density at radius 1 is 1.33 bits per heavy atom. The fourth-order valence-corrected chi connectivity index (χ4v) is 2.16. The van der Waals surface area contributed by atoms with Gasteiger partial charge in [-0.3, -0.25) is 10.1 Å². The monoisotopic (exact) mass is 353 g/mol. The number of methoxy groups -OCH3 is 1. The van der Waals surface area contributed by atoms with Gasteiger partial charge in [0.1, 0.15) is 5.75 Å². The van der Waals surface area contributed by atoms with Crippen molar-refractivity contribution in [2.75, 3.05) is 13.7 Å². The molecule has 3 N–H and O–H groups in total. The predicted molar refractivity (Wildman–Crippen MR) is 86.2 cm³/mol. The van der Waals surface area contributed by atoms with Crippen molar-refractivity contribution in [3.63, 3.8) is 0 Å². The Kier molecular flexibility index (Phi) is 7.60. The van der Waals surface area contributed by atoms with Crippen molar-refractivity contribution >= 4 is 40.7 Å². The van der Waals surface area contributed by atoms with Gasteiger partial charge in [0.2, 0.25) is 6.17 Å². The molecule has 0 bridgehead atoms. The number of carbonyl (C=O) groups excluding carboxylic acids is 1.